The fraction of sp³-hybridized carbons (Fsp3) is 0. The zero-order chi connectivity index (χ0) is 22.7. The molecule has 3 aromatic carbocycles. The minimum absolute atomic E-state index is 0.159. The number of ether oxygens (including phenoxy) is 2. The van der Waals surface area contributed by atoms with Crippen molar-refractivity contribution in [2.45, 2.75) is 0 Å². The van der Waals surface area contributed by atoms with Gasteiger partial charge in [-0.3, -0.25) is 30.3 Å². The van der Waals surface area contributed by atoms with Crippen molar-refractivity contribution in [3.8, 4) is 34.5 Å². The second-order valence-electron chi connectivity index (χ2n) is 5.91. The molecule has 0 saturated carbocycles. The number of hydrogen-bond acceptors (Lipinski definition) is 10. The van der Waals surface area contributed by atoms with Crippen LogP contribution in [0.15, 0.2) is 54.6 Å². The van der Waals surface area contributed by atoms with Crippen molar-refractivity contribution < 1.29 is 34.5 Å². The zero-order valence-corrected chi connectivity index (χ0v) is 15.2. The van der Waals surface area contributed by atoms with Gasteiger partial charge in [0.15, 0.2) is 0 Å². The van der Waals surface area contributed by atoms with E-state index in [0.717, 1.165) is 48.5 Å². The Morgan fingerprint density at radius 2 is 0.968 bits per heavy atom. The Balaban J connectivity index is 1.98. The summed E-state index contributed by atoms with van der Waals surface area (Å²) in [6.45, 7) is 0. The van der Waals surface area contributed by atoms with Crippen LogP contribution in [-0.4, -0.2) is 25.0 Å². The van der Waals surface area contributed by atoms with Crippen molar-refractivity contribution in [2.75, 3.05) is 0 Å². The van der Waals surface area contributed by atoms with Crippen LogP contribution in [0.25, 0.3) is 0 Å². The van der Waals surface area contributed by atoms with Crippen LogP contribution in [-0.2, 0) is 0 Å². The highest BCUT2D eigenvalue weighted by Crippen LogP contribution is 2.41. The molecule has 0 amide bonds. The minimum Gasteiger partial charge on any atom is -0.508 e. The fourth-order valence-corrected chi connectivity index (χ4v) is 2.50. The first-order chi connectivity index (χ1) is 14.7. The summed E-state index contributed by atoms with van der Waals surface area (Å²) in [7, 11) is 0. The van der Waals surface area contributed by atoms with Crippen LogP contribution in [0.1, 0.15) is 0 Å². The van der Waals surface area contributed by atoms with Gasteiger partial charge in [-0.2, -0.15) is 0 Å². The van der Waals surface area contributed by atoms with Gasteiger partial charge in [-0.05, 0) is 36.4 Å². The molecule has 0 atom stereocenters. The van der Waals surface area contributed by atoms with E-state index in [1.807, 2.05) is 0 Å². The molecule has 0 aliphatic carbocycles. The normalized spacial score (nSPS) is 10.3. The van der Waals surface area contributed by atoms with Crippen LogP contribution >= 0.6 is 0 Å². The molecule has 0 aliphatic rings. The number of benzene rings is 3. The van der Waals surface area contributed by atoms with E-state index in [1.165, 1.54) is 6.07 Å². The minimum atomic E-state index is -0.834. The van der Waals surface area contributed by atoms with Gasteiger partial charge < -0.3 is 19.7 Å². The predicted octanol–water partition coefficient (Wildman–Crippen LogP) is 4.41. The molecule has 2 N–H and O–H groups in total. The van der Waals surface area contributed by atoms with Gasteiger partial charge in [0.25, 0.3) is 0 Å². The summed E-state index contributed by atoms with van der Waals surface area (Å²) in [5.41, 5.74) is -1.82. The molecule has 0 radical (unpaired) electrons. The van der Waals surface area contributed by atoms with Crippen molar-refractivity contribution in [1.29, 1.82) is 0 Å². The van der Waals surface area contributed by atoms with Gasteiger partial charge in [-0.1, -0.05) is 0 Å². The molecule has 0 spiro atoms. The maximum Gasteiger partial charge on any atom is 0.315 e. The summed E-state index contributed by atoms with van der Waals surface area (Å²) in [5.74, 6) is -1.93. The number of rotatable bonds is 7. The first-order valence-electron chi connectivity index (χ1n) is 8.24. The molecule has 158 valence electrons. The summed E-state index contributed by atoms with van der Waals surface area (Å²) in [4.78, 5) is 31.3. The van der Waals surface area contributed by atoms with Crippen molar-refractivity contribution in [3.63, 3.8) is 0 Å². The lowest BCUT2D eigenvalue weighted by molar-refractivity contribution is -0.387. The standard InChI is InChI=1S/C18H11N3O10/c22-10-1-4-16(13(7-10)19(24)25)30-12-3-6-18(15(9-12)21(28)29)31-17-5-2-11(23)8-14(17)20(26)27/h1-9,22-23H. The number of nitrogens with zero attached hydrogens (tertiary/aromatic N) is 3. The average Bonchev–Trinajstić information content (AvgIpc) is 2.71. The number of phenols is 2. The highest BCUT2D eigenvalue weighted by atomic mass is 16.6. The molecule has 13 heteroatoms. The third-order valence-electron chi connectivity index (χ3n) is 3.85. The van der Waals surface area contributed by atoms with Crippen LogP contribution in [0, 0.1) is 30.3 Å². The highest BCUT2D eigenvalue weighted by Gasteiger charge is 2.24. The van der Waals surface area contributed by atoms with Gasteiger partial charge in [0.1, 0.15) is 17.2 Å². The third kappa shape index (κ3) is 4.56. The number of nitro groups is 3. The maximum atomic E-state index is 11.5. The molecule has 3 aromatic rings. The van der Waals surface area contributed by atoms with E-state index in [0.29, 0.717) is 0 Å². The Bertz CT molecular complexity index is 1210. The van der Waals surface area contributed by atoms with E-state index in [9.17, 15) is 40.6 Å². The van der Waals surface area contributed by atoms with Gasteiger partial charge in [-0.25, -0.2) is 0 Å². The molecule has 0 fully saturated rings. The number of hydrogen-bond donors (Lipinski definition) is 2. The smallest absolute Gasteiger partial charge is 0.315 e. The molecular formula is C18H11N3O10. The van der Waals surface area contributed by atoms with E-state index in [2.05, 4.69) is 0 Å². The molecule has 0 bridgehead atoms. The van der Waals surface area contributed by atoms with Gasteiger partial charge >= 0.3 is 17.1 Å². The Labute approximate surface area is 171 Å². The van der Waals surface area contributed by atoms with E-state index in [1.54, 1.807) is 0 Å². The molecule has 0 aliphatic heterocycles. The topological polar surface area (TPSA) is 188 Å². The lowest BCUT2D eigenvalue weighted by atomic mass is 10.2. The SMILES string of the molecule is O=[N+]([O-])c1cc(O)ccc1Oc1ccc(Oc2ccc(O)cc2[N+](=O)[O-])c([N+](=O)[O-])c1. The Kier molecular flexibility index (Phi) is 5.50. The summed E-state index contributed by atoms with van der Waals surface area (Å²) in [5, 5.41) is 52.5. The second kappa shape index (κ2) is 8.20. The van der Waals surface area contributed by atoms with Crippen molar-refractivity contribution >= 4 is 17.1 Å². The number of aromatic hydroxyl groups is 2. The van der Waals surface area contributed by atoms with Crippen LogP contribution < -0.4 is 9.47 Å². The Morgan fingerprint density at radius 1 is 0.581 bits per heavy atom. The van der Waals surface area contributed by atoms with Crippen LogP contribution in [0.3, 0.4) is 0 Å². The second-order valence-corrected chi connectivity index (χ2v) is 5.91. The molecule has 0 unspecified atom stereocenters. The van der Waals surface area contributed by atoms with E-state index < -0.39 is 37.6 Å². The summed E-state index contributed by atoms with van der Waals surface area (Å²) >= 11 is 0. The molecule has 3 rings (SSSR count). The van der Waals surface area contributed by atoms with Gasteiger partial charge in [-0.15, -0.1) is 0 Å². The van der Waals surface area contributed by atoms with Crippen LogP contribution in [0.2, 0.25) is 0 Å². The van der Waals surface area contributed by atoms with E-state index in [-0.39, 0.29) is 28.7 Å². The largest absolute Gasteiger partial charge is 0.508 e. The first-order valence-corrected chi connectivity index (χ1v) is 8.24. The maximum absolute atomic E-state index is 11.5. The molecule has 0 aromatic heterocycles. The molecule has 0 heterocycles. The Hall–Kier alpha value is -4.94. The highest BCUT2D eigenvalue weighted by molar-refractivity contribution is 5.58. The molecule has 0 saturated heterocycles. The van der Waals surface area contributed by atoms with E-state index in [4.69, 9.17) is 9.47 Å². The monoisotopic (exact) mass is 429 g/mol. The average molecular weight is 429 g/mol. The fourth-order valence-electron chi connectivity index (χ4n) is 2.50. The van der Waals surface area contributed by atoms with Crippen LogP contribution in [0.5, 0.6) is 34.5 Å². The van der Waals surface area contributed by atoms with Gasteiger partial charge in [0.2, 0.25) is 17.2 Å². The van der Waals surface area contributed by atoms with Gasteiger partial charge in [0.05, 0.1) is 33.0 Å². The van der Waals surface area contributed by atoms with Crippen LogP contribution in [0.4, 0.5) is 17.1 Å². The Morgan fingerprint density at radius 3 is 1.42 bits per heavy atom. The molecule has 31 heavy (non-hydrogen) atoms. The molecule has 13 nitrogen and oxygen atoms in total. The quantitative estimate of drug-likeness (QED) is 0.402. The van der Waals surface area contributed by atoms with Crippen molar-refractivity contribution in [3.05, 3.63) is 84.9 Å². The number of nitro benzene ring substituents is 3. The first kappa shape index (κ1) is 20.8. The van der Waals surface area contributed by atoms with Crippen molar-refractivity contribution in [1.82, 2.24) is 0 Å². The summed E-state index contributed by atoms with van der Waals surface area (Å²) in [6.07, 6.45) is 0. The van der Waals surface area contributed by atoms with E-state index >= 15 is 0 Å². The third-order valence-corrected chi connectivity index (χ3v) is 3.85. The van der Waals surface area contributed by atoms with Crippen molar-refractivity contribution in [2.24, 2.45) is 0 Å². The number of phenolic OH excluding ortho intramolecular Hbond substituents is 2. The lowest BCUT2D eigenvalue weighted by Gasteiger charge is -2.10. The predicted molar refractivity (Wildman–Crippen MR) is 103 cm³/mol. The molecular weight excluding hydrogens is 418 g/mol. The van der Waals surface area contributed by atoms with Gasteiger partial charge in [0, 0.05) is 0 Å². The zero-order valence-electron chi connectivity index (χ0n) is 15.2. The summed E-state index contributed by atoms with van der Waals surface area (Å²) < 4.78 is 10.7. The lowest BCUT2D eigenvalue weighted by Crippen LogP contribution is -1.98. The summed E-state index contributed by atoms with van der Waals surface area (Å²) in [6, 6.07) is 9.31.